The molecule has 18 nitrogen and oxygen atoms in total. The van der Waals surface area contributed by atoms with Crippen molar-refractivity contribution < 1.29 is 28.6 Å². The SMILES string of the molecule is CC(=O)C(=NNc1ccccc1OCCOc1ccccc1N=NC(C(C)=O)C(=O)Nc1ccc2[nH]c(=O)[nH]c2c1)OCNc1ccc2[nH]c(=O)[nH]c2c1. The zero-order chi connectivity index (χ0) is 38.0. The molecule has 2 heterocycles. The summed E-state index contributed by atoms with van der Waals surface area (Å²) in [5, 5.41) is 17.9. The number of benzene rings is 4. The summed E-state index contributed by atoms with van der Waals surface area (Å²) in [7, 11) is 0. The van der Waals surface area contributed by atoms with E-state index in [-0.39, 0.29) is 42.9 Å². The maximum Gasteiger partial charge on any atom is 0.323 e. The van der Waals surface area contributed by atoms with E-state index in [9.17, 15) is 24.0 Å². The standard InChI is InChI=1S/C36H34N10O8/c1-20(47)32(33(49)38-23-12-14-25-29(18-23)42-36(51)40-25)45-43-26-7-3-5-9-30(26)52-15-16-53-31-10-6-4-8-27(31)44-46-34(21(2)48)54-19-37-22-11-13-24-28(17-22)41-35(50)39-24/h3-14,17-18,32,37,44H,15-16,19H2,1-2H3,(H,38,49)(H2,39,41,50)(H2,40,42,51). The van der Waals surface area contributed by atoms with Gasteiger partial charge in [0.05, 0.1) is 27.8 Å². The third kappa shape index (κ3) is 9.23. The molecule has 0 radical (unpaired) electrons. The van der Waals surface area contributed by atoms with Crippen LogP contribution in [0, 0.1) is 0 Å². The Labute approximate surface area is 305 Å². The van der Waals surface area contributed by atoms with Gasteiger partial charge in [0.1, 0.15) is 30.4 Å². The molecule has 54 heavy (non-hydrogen) atoms. The zero-order valence-electron chi connectivity index (χ0n) is 28.9. The Morgan fingerprint density at radius 1 is 0.722 bits per heavy atom. The molecular formula is C36H34N10O8. The van der Waals surface area contributed by atoms with E-state index in [2.05, 4.69) is 51.3 Å². The summed E-state index contributed by atoms with van der Waals surface area (Å²) >= 11 is 0. The van der Waals surface area contributed by atoms with E-state index in [1.807, 2.05) is 0 Å². The van der Waals surface area contributed by atoms with Gasteiger partial charge in [-0.25, -0.2) is 9.59 Å². The molecular weight excluding hydrogens is 700 g/mol. The van der Waals surface area contributed by atoms with Crippen molar-refractivity contribution in [1.29, 1.82) is 0 Å². The second-order valence-corrected chi connectivity index (χ2v) is 11.6. The van der Waals surface area contributed by atoms with Crippen LogP contribution in [0.3, 0.4) is 0 Å². The molecule has 6 rings (SSSR count). The smallest absolute Gasteiger partial charge is 0.323 e. The first-order valence-electron chi connectivity index (χ1n) is 16.4. The van der Waals surface area contributed by atoms with Crippen molar-refractivity contribution in [3.05, 3.63) is 106 Å². The molecule has 1 amide bonds. The van der Waals surface area contributed by atoms with Crippen LogP contribution in [-0.4, -0.2) is 69.3 Å². The van der Waals surface area contributed by atoms with Crippen LogP contribution in [0.2, 0.25) is 0 Å². The number of aromatic nitrogens is 4. The molecule has 0 fully saturated rings. The summed E-state index contributed by atoms with van der Waals surface area (Å²) in [5.41, 5.74) is 6.21. The second-order valence-electron chi connectivity index (χ2n) is 11.6. The van der Waals surface area contributed by atoms with Gasteiger partial charge in [0, 0.05) is 18.3 Å². The maximum atomic E-state index is 13.0. The van der Waals surface area contributed by atoms with Crippen LogP contribution in [0.4, 0.5) is 22.7 Å². The van der Waals surface area contributed by atoms with Crippen LogP contribution in [0.5, 0.6) is 11.5 Å². The van der Waals surface area contributed by atoms with E-state index in [0.717, 1.165) is 0 Å². The Morgan fingerprint density at radius 2 is 1.31 bits per heavy atom. The number of para-hydroxylation sites is 3. The second kappa shape index (κ2) is 16.7. The predicted octanol–water partition coefficient (Wildman–Crippen LogP) is 4.56. The first-order chi connectivity index (χ1) is 26.1. The minimum absolute atomic E-state index is 0.0748. The number of aromatic amines is 4. The molecule has 0 saturated carbocycles. The molecule has 18 heteroatoms. The third-order valence-electron chi connectivity index (χ3n) is 7.63. The number of imidazole rings is 2. The quantitative estimate of drug-likeness (QED) is 0.0139. The van der Waals surface area contributed by atoms with Crippen molar-refractivity contribution in [3.63, 3.8) is 0 Å². The molecule has 6 aromatic rings. The molecule has 4 aromatic carbocycles. The lowest BCUT2D eigenvalue weighted by molar-refractivity contribution is -0.126. The molecule has 0 aliphatic carbocycles. The molecule has 1 unspecified atom stereocenters. The fourth-order valence-electron chi connectivity index (χ4n) is 5.06. The minimum atomic E-state index is -1.44. The Bertz CT molecular complexity index is 2500. The van der Waals surface area contributed by atoms with Gasteiger partial charge in [0.2, 0.25) is 11.8 Å². The van der Waals surface area contributed by atoms with E-state index in [0.29, 0.717) is 50.6 Å². The Morgan fingerprint density at radius 3 is 2.00 bits per heavy atom. The first kappa shape index (κ1) is 36.3. The van der Waals surface area contributed by atoms with E-state index in [1.54, 1.807) is 84.9 Å². The van der Waals surface area contributed by atoms with Crippen LogP contribution >= 0.6 is 0 Å². The van der Waals surface area contributed by atoms with Gasteiger partial charge >= 0.3 is 11.4 Å². The molecule has 2 aromatic heterocycles. The van der Waals surface area contributed by atoms with E-state index >= 15 is 0 Å². The monoisotopic (exact) mass is 734 g/mol. The number of amides is 1. The topological polar surface area (TPSA) is 249 Å². The number of H-pyrrole nitrogens is 4. The van der Waals surface area contributed by atoms with Gasteiger partial charge < -0.3 is 44.8 Å². The van der Waals surface area contributed by atoms with Gasteiger partial charge in [-0.15, -0.1) is 5.10 Å². The number of hydrogen-bond acceptors (Lipinski definition) is 13. The lowest BCUT2D eigenvalue weighted by atomic mass is 10.2. The normalized spacial score (nSPS) is 12.1. The number of rotatable bonds is 16. The van der Waals surface area contributed by atoms with E-state index < -0.39 is 23.5 Å². The molecule has 0 bridgehead atoms. The molecule has 7 N–H and O–H groups in total. The predicted molar refractivity (Wildman–Crippen MR) is 201 cm³/mol. The number of Topliss-reactive ketones (excluding diaryl/α,β-unsaturated/α-hetero) is 2. The number of hydrogen-bond donors (Lipinski definition) is 7. The fourth-order valence-corrected chi connectivity index (χ4v) is 5.06. The van der Waals surface area contributed by atoms with Crippen LogP contribution in [0.25, 0.3) is 22.1 Å². The van der Waals surface area contributed by atoms with Crippen molar-refractivity contribution in [2.45, 2.75) is 19.9 Å². The molecule has 276 valence electrons. The molecule has 0 aliphatic heterocycles. The summed E-state index contributed by atoms with van der Waals surface area (Å²) in [5.74, 6) is -1.06. The number of nitrogens with one attached hydrogen (secondary N) is 7. The highest BCUT2D eigenvalue weighted by Crippen LogP contribution is 2.28. The van der Waals surface area contributed by atoms with Gasteiger partial charge in [-0.05, 0) is 67.6 Å². The Hall–Kier alpha value is -7.50. The van der Waals surface area contributed by atoms with Crippen LogP contribution in [0.1, 0.15) is 13.8 Å². The van der Waals surface area contributed by atoms with Gasteiger partial charge in [-0.2, -0.15) is 10.2 Å². The van der Waals surface area contributed by atoms with Gasteiger partial charge in [0.15, 0.2) is 12.5 Å². The largest absolute Gasteiger partial charge is 0.488 e. The van der Waals surface area contributed by atoms with Crippen LogP contribution in [-0.2, 0) is 19.1 Å². The van der Waals surface area contributed by atoms with Crippen molar-refractivity contribution in [3.8, 4) is 11.5 Å². The summed E-state index contributed by atoms with van der Waals surface area (Å²) in [4.78, 5) is 71.2. The van der Waals surface area contributed by atoms with Crippen LogP contribution in [0.15, 0.2) is 110 Å². The number of ether oxygens (including phenoxy) is 3. The number of fused-ring (bicyclic) bond motifs is 2. The lowest BCUT2D eigenvalue weighted by Gasteiger charge is -2.13. The number of ketones is 2. The number of azo groups is 1. The van der Waals surface area contributed by atoms with Gasteiger partial charge in [0.25, 0.3) is 11.8 Å². The average molecular weight is 735 g/mol. The van der Waals surface area contributed by atoms with E-state index in [4.69, 9.17) is 14.2 Å². The molecule has 0 aliphatic rings. The number of hydrazone groups is 1. The Balaban J connectivity index is 1.02. The molecule has 1 atom stereocenters. The summed E-state index contributed by atoms with van der Waals surface area (Å²) < 4.78 is 17.4. The lowest BCUT2D eigenvalue weighted by Crippen LogP contribution is -2.31. The number of carbonyl (C=O) groups excluding carboxylic acids is 3. The van der Waals surface area contributed by atoms with Gasteiger partial charge in [-0.3, -0.25) is 19.8 Å². The van der Waals surface area contributed by atoms with Crippen molar-refractivity contribution >= 4 is 68.2 Å². The summed E-state index contributed by atoms with van der Waals surface area (Å²) in [6.45, 7) is 2.66. The van der Waals surface area contributed by atoms with E-state index in [1.165, 1.54) is 13.8 Å². The maximum absolute atomic E-state index is 13.0. The highest BCUT2D eigenvalue weighted by molar-refractivity contribution is 6.35. The zero-order valence-corrected chi connectivity index (χ0v) is 28.9. The third-order valence-corrected chi connectivity index (χ3v) is 7.63. The Kier molecular flexibility index (Phi) is 11.2. The summed E-state index contributed by atoms with van der Waals surface area (Å²) in [6, 6.07) is 22.2. The highest BCUT2D eigenvalue weighted by atomic mass is 16.5. The number of anilines is 3. The molecule has 0 spiro atoms. The van der Waals surface area contributed by atoms with Crippen molar-refractivity contribution in [2.75, 3.05) is 36.0 Å². The fraction of sp³-hybridized carbons (Fsp3) is 0.167. The van der Waals surface area contributed by atoms with Crippen molar-refractivity contribution in [2.24, 2.45) is 15.3 Å². The van der Waals surface area contributed by atoms with Crippen molar-refractivity contribution in [1.82, 2.24) is 19.9 Å². The van der Waals surface area contributed by atoms with Gasteiger partial charge in [-0.1, -0.05) is 24.3 Å². The summed E-state index contributed by atoms with van der Waals surface area (Å²) in [6.07, 6.45) is 0. The highest BCUT2D eigenvalue weighted by Gasteiger charge is 2.23. The average Bonchev–Trinajstić information content (AvgIpc) is 3.71. The minimum Gasteiger partial charge on any atom is -0.488 e. The first-order valence-corrected chi connectivity index (χ1v) is 16.4. The van der Waals surface area contributed by atoms with Crippen LogP contribution < -0.4 is 36.9 Å². The number of carbonyl (C=O) groups is 3. The molecule has 0 saturated heterocycles. The number of nitrogens with zero attached hydrogens (tertiary/aromatic N) is 3.